The van der Waals surface area contributed by atoms with Crippen LogP contribution in [0.4, 0.5) is 0 Å². The molecule has 2 atom stereocenters. The predicted molar refractivity (Wildman–Crippen MR) is 87.5 cm³/mol. The van der Waals surface area contributed by atoms with Gasteiger partial charge in [0.2, 0.25) is 5.91 Å². The van der Waals surface area contributed by atoms with Gasteiger partial charge in [-0.15, -0.1) is 0 Å². The molecule has 0 N–H and O–H groups in total. The molecule has 1 saturated carbocycles. The zero-order chi connectivity index (χ0) is 16.6. The summed E-state index contributed by atoms with van der Waals surface area (Å²) in [7, 11) is 5.11. The highest BCUT2D eigenvalue weighted by Crippen LogP contribution is 2.41. The first-order chi connectivity index (χ1) is 11.1. The van der Waals surface area contributed by atoms with E-state index in [1.165, 1.54) is 12.2 Å². The molecule has 0 aliphatic heterocycles. The van der Waals surface area contributed by atoms with Gasteiger partial charge in [0.1, 0.15) is 6.07 Å². The van der Waals surface area contributed by atoms with E-state index in [0.29, 0.717) is 5.56 Å². The quantitative estimate of drug-likeness (QED) is 0.819. The molecular formula is C18H21N3O2. The van der Waals surface area contributed by atoms with Crippen LogP contribution in [-0.2, 0) is 16.7 Å². The third-order valence-corrected chi connectivity index (χ3v) is 4.98. The van der Waals surface area contributed by atoms with Gasteiger partial charge >= 0.3 is 0 Å². The van der Waals surface area contributed by atoms with Gasteiger partial charge in [0.25, 0.3) is 0 Å². The normalized spacial score (nSPS) is 20.6. The monoisotopic (exact) mass is 311 g/mol. The Kier molecular flexibility index (Phi) is 4.10. The summed E-state index contributed by atoms with van der Waals surface area (Å²) in [6.07, 6.45) is 4.77. The molecule has 5 heteroatoms. The molecule has 0 radical (unpaired) electrons. The van der Waals surface area contributed by atoms with E-state index in [0.717, 1.165) is 35.7 Å². The van der Waals surface area contributed by atoms with Crippen LogP contribution in [0.1, 0.15) is 36.3 Å². The van der Waals surface area contributed by atoms with Gasteiger partial charge in [0.05, 0.1) is 12.7 Å². The largest absolute Gasteiger partial charge is 0.349 e. The average Bonchev–Trinajstić information content (AvgIpc) is 3.18. The first-order valence-electron chi connectivity index (χ1n) is 7.87. The van der Waals surface area contributed by atoms with Crippen molar-refractivity contribution in [3.63, 3.8) is 0 Å². The number of carbonyl (C=O) groups excluding carboxylic acids is 1. The summed E-state index contributed by atoms with van der Waals surface area (Å²) in [5.74, 6) is 0.173. The Morgan fingerprint density at radius 2 is 2.22 bits per heavy atom. The lowest BCUT2D eigenvalue weighted by Crippen LogP contribution is -2.33. The molecule has 1 fully saturated rings. The standard InChI is InChI=1S/C18H21N3O2/c1-20-11-13(10-19)16-9-12(7-8-17(16)20)14-5-4-6-15(14)18(22)21(2)23-3/h7-9,11,14-15H,4-6H2,1-3H3/t14-,15+/m0/s1. The number of hydrogen-bond acceptors (Lipinski definition) is 3. The van der Waals surface area contributed by atoms with Crippen LogP contribution in [0.25, 0.3) is 10.9 Å². The highest BCUT2D eigenvalue weighted by atomic mass is 16.7. The van der Waals surface area contributed by atoms with Crippen LogP contribution in [0.3, 0.4) is 0 Å². The van der Waals surface area contributed by atoms with Crippen molar-refractivity contribution in [2.24, 2.45) is 13.0 Å². The molecule has 1 heterocycles. The minimum Gasteiger partial charge on any atom is -0.349 e. The minimum atomic E-state index is -0.0494. The van der Waals surface area contributed by atoms with E-state index in [2.05, 4.69) is 18.2 Å². The number of aromatic nitrogens is 1. The van der Waals surface area contributed by atoms with Crippen molar-refractivity contribution >= 4 is 16.8 Å². The van der Waals surface area contributed by atoms with Crippen LogP contribution >= 0.6 is 0 Å². The molecule has 0 bridgehead atoms. The molecule has 1 aliphatic rings. The number of benzene rings is 1. The van der Waals surface area contributed by atoms with Crippen molar-refractivity contribution in [1.29, 1.82) is 5.26 Å². The van der Waals surface area contributed by atoms with Gasteiger partial charge in [-0.25, -0.2) is 5.06 Å². The molecule has 23 heavy (non-hydrogen) atoms. The van der Waals surface area contributed by atoms with Crippen LogP contribution in [0.15, 0.2) is 24.4 Å². The third kappa shape index (κ3) is 2.60. The van der Waals surface area contributed by atoms with Gasteiger partial charge < -0.3 is 4.57 Å². The Morgan fingerprint density at radius 1 is 1.43 bits per heavy atom. The Hall–Kier alpha value is -2.32. The van der Waals surface area contributed by atoms with Crippen LogP contribution in [-0.4, -0.2) is 29.7 Å². The Bertz CT molecular complexity index is 787. The maximum atomic E-state index is 12.5. The molecular weight excluding hydrogens is 290 g/mol. The van der Waals surface area contributed by atoms with Crippen LogP contribution < -0.4 is 0 Å². The van der Waals surface area contributed by atoms with E-state index in [9.17, 15) is 10.1 Å². The average molecular weight is 311 g/mol. The van der Waals surface area contributed by atoms with Crippen molar-refractivity contribution in [2.75, 3.05) is 14.2 Å². The predicted octanol–water partition coefficient (Wildman–Crippen LogP) is 2.95. The molecule has 5 nitrogen and oxygen atoms in total. The van der Waals surface area contributed by atoms with E-state index in [1.54, 1.807) is 7.05 Å². The summed E-state index contributed by atoms with van der Waals surface area (Å²) in [6, 6.07) is 8.47. The maximum absolute atomic E-state index is 12.5. The van der Waals surface area contributed by atoms with Gasteiger partial charge in [-0.3, -0.25) is 9.63 Å². The van der Waals surface area contributed by atoms with E-state index < -0.39 is 0 Å². The fourth-order valence-corrected chi connectivity index (χ4v) is 3.71. The molecule has 0 saturated heterocycles. The fourth-order valence-electron chi connectivity index (χ4n) is 3.71. The van der Waals surface area contributed by atoms with Crippen molar-refractivity contribution in [3.8, 4) is 6.07 Å². The number of fused-ring (bicyclic) bond motifs is 1. The zero-order valence-corrected chi connectivity index (χ0v) is 13.7. The van der Waals surface area contributed by atoms with Gasteiger partial charge in [0, 0.05) is 37.1 Å². The minimum absolute atomic E-state index is 0.0312. The topological polar surface area (TPSA) is 58.3 Å². The Morgan fingerprint density at radius 3 is 2.91 bits per heavy atom. The Labute approximate surface area is 136 Å². The van der Waals surface area contributed by atoms with Gasteiger partial charge in [-0.1, -0.05) is 12.5 Å². The summed E-state index contributed by atoms with van der Waals surface area (Å²) in [5, 5.41) is 11.6. The fraction of sp³-hybridized carbons (Fsp3) is 0.444. The number of hydroxylamine groups is 2. The smallest absolute Gasteiger partial charge is 0.249 e. The second-order valence-electron chi connectivity index (χ2n) is 6.20. The molecule has 3 rings (SSSR count). The van der Waals surface area contributed by atoms with Crippen LogP contribution in [0.2, 0.25) is 0 Å². The number of hydrogen-bond donors (Lipinski definition) is 0. The van der Waals surface area contributed by atoms with E-state index in [-0.39, 0.29) is 17.7 Å². The van der Waals surface area contributed by atoms with Crippen molar-refractivity contribution in [3.05, 3.63) is 35.5 Å². The zero-order valence-electron chi connectivity index (χ0n) is 13.7. The van der Waals surface area contributed by atoms with Gasteiger partial charge in [-0.2, -0.15) is 5.26 Å². The second-order valence-corrected chi connectivity index (χ2v) is 6.20. The van der Waals surface area contributed by atoms with Crippen molar-refractivity contribution in [2.45, 2.75) is 25.2 Å². The molecule has 2 aromatic rings. The maximum Gasteiger partial charge on any atom is 0.249 e. The lowest BCUT2D eigenvalue weighted by molar-refractivity contribution is -0.173. The van der Waals surface area contributed by atoms with Crippen LogP contribution in [0, 0.1) is 17.2 Å². The number of carbonyl (C=O) groups is 1. The summed E-state index contributed by atoms with van der Waals surface area (Å²) in [5.41, 5.74) is 2.86. The summed E-state index contributed by atoms with van der Waals surface area (Å²) in [4.78, 5) is 17.6. The van der Waals surface area contributed by atoms with Crippen LogP contribution in [0.5, 0.6) is 0 Å². The Balaban J connectivity index is 1.99. The van der Waals surface area contributed by atoms with Gasteiger partial charge in [-0.05, 0) is 36.5 Å². The molecule has 1 aliphatic carbocycles. The summed E-state index contributed by atoms with van der Waals surface area (Å²) >= 11 is 0. The van der Waals surface area contributed by atoms with Gasteiger partial charge in [0.15, 0.2) is 0 Å². The van der Waals surface area contributed by atoms with E-state index >= 15 is 0 Å². The molecule has 1 aromatic heterocycles. The molecule has 0 spiro atoms. The van der Waals surface area contributed by atoms with E-state index in [4.69, 9.17) is 4.84 Å². The number of aryl methyl sites for hydroxylation is 1. The van der Waals surface area contributed by atoms with Crippen molar-refractivity contribution in [1.82, 2.24) is 9.63 Å². The highest BCUT2D eigenvalue weighted by Gasteiger charge is 2.36. The number of amides is 1. The highest BCUT2D eigenvalue weighted by molar-refractivity contribution is 5.87. The molecule has 1 aromatic carbocycles. The molecule has 120 valence electrons. The number of nitrogens with zero attached hydrogens (tertiary/aromatic N) is 3. The third-order valence-electron chi connectivity index (χ3n) is 4.98. The van der Waals surface area contributed by atoms with E-state index in [1.807, 2.05) is 23.9 Å². The lowest BCUT2D eigenvalue weighted by atomic mass is 9.87. The van der Waals surface area contributed by atoms with Crippen molar-refractivity contribution < 1.29 is 9.63 Å². The molecule has 0 unspecified atom stereocenters. The SMILES string of the molecule is CON(C)C(=O)[C@@H]1CCC[C@H]1c1ccc2c(c1)c(C#N)cn2C. The number of nitriles is 1. The molecule has 1 amide bonds. The first-order valence-corrected chi connectivity index (χ1v) is 7.87. The summed E-state index contributed by atoms with van der Waals surface area (Å²) in [6.45, 7) is 0. The summed E-state index contributed by atoms with van der Waals surface area (Å²) < 4.78 is 1.97. The lowest BCUT2D eigenvalue weighted by Gasteiger charge is -2.23. The first kappa shape index (κ1) is 15.6. The second kappa shape index (κ2) is 6.05. The number of rotatable bonds is 3.